The van der Waals surface area contributed by atoms with Crippen molar-refractivity contribution < 1.29 is 28.6 Å². The lowest BCUT2D eigenvalue weighted by Crippen LogP contribution is -2.41. The van der Waals surface area contributed by atoms with Crippen molar-refractivity contribution in [1.82, 2.24) is 4.90 Å². The van der Waals surface area contributed by atoms with Gasteiger partial charge in [0.1, 0.15) is 5.78 Å². The van der Waals surface area contributed by atoms with Crippen LogP contribution < -0.4 is 0 Å². The smallest absolute Gasteiger partial charge is 0.340 e. The molecule has 0 radical (unpaired) electrons. The molecular weight excluding hydrogens is 362 g/mol. The van der Waals surface area contributed by atoms with Gasteiger partial charge in [0.05, 0.1) is 44.5 Å². The molecule has 1 aliphatic carbocycles. The molecule has 0 aromatic rings. The minimum Gasteiger partial charge on any atom is -0.465 e. The first kappa shape index (κ1) is 22.1. The second kappa shape index (κ2) is 11.0. The topological polar surface area (TPSA) is 82.1 Å². The number of hydrogen-bond donors (Lipinski definition) is 0. The van der Waals surface area contributed by atoms with Crippen molar-refractivity contribution in [3.63, 3.8) is 0 Å². The second-order valence-corrected chi connectivity index (χ2v) is 6.97. The van der Waals surface area contributed by atoms with E-state index in [-0.39, 0.29) is 16.9 Å². The molecule has 2 aliphatic rings. The number of morpholine rings is 1. The Balaban J connectivity index is 2.75. The molecule has 0 aromatic carbocycles. The summed E-state index contributed by atoms with van der Waals surface area (Å²) in [4.78, 5) is 40.4. The van der Waals surface area contributed by atoms with Gasteiger partial charge in [0.15, 0.2) is 0 Å². The highest BCUT2D eigenvalue weighted by Crippen LogP contribution is 2.33. The van der Waals surface area contributed by atoms with Gasteiger partial charge in [-0.15, -0.1) is 0 Å². The van der Waals surface area contributed by atoms with Gasteiger partial charge >= 0.3 is 11.9 Å². The Labute approximate surface area is 166 Å². The molecule has 1 unspecified atom stereocenters. The number of esters is 2. The SMILES string of the molecule is CCC(=O)C1CCCCC/C=C(C(=O)OC)/C(C(=O)OC)=C\1N1CCOCC1. The summed E-state index contributed by atoms with van der Waals surface area (Å²) in [7, 11) is 2.58. The van der Waals surface area contributed by atoms with E-state index in [2.05, 4.69) is 0 Å². The lowest BCUT2D eigenvalue weighted by molar-refractivity contribution is -0.139. The minimum atomic E-state index is -0.618. The van der Waals surface area contributed by atoms with Gasteiger partial charge in [-0.1, -0.05) is 25.8 Å². The van der Waals surface area contributed by atoms with Crippen LogP contribution in [-0.2, 0) is 28.6 Å². The van der Waals surface area contributed by atoms with Gasteiger partial charge in [-0.25, -0.2) is 9.59 Å². The molecule has 7 nitrogen and oxygen atoms in total. The predicted octanol–water partition coefficient (Wildman–Crippen LogP) is 2.40. The van der Waals surface area contributed by atoms with Crippen molar-refractivity contribution in [2.24, 2.45) is 5.92 Å². The molecule has 2 rings (SSSR count). The van der Waals surface area contributed by atoms with E-state index >= 15 is 0 Å². The fraction of sp³-hybridized carbons (Fsp3) is 0.667. The van der Waals surface area contributed by atoms with E-state index in [4.69, 9.17) is 14.2 Å². The van der Waals surface area contributed by atoms with Crippen LogP contribution >= 0.6 is 0 Å². The number of ketones is 1. The summed E-state index contributed by atoms with van der Waals surface area (Å²) in [6.07, 6.45) is 6.15. The molecule has 1 aliphatic heterocycles. The quantitative estimate of drug-likeness (QED) is 0.663. The van der Waals surface area contributed by atoms with Crippen LogP contribution in [0.25, 0.3) is 0 Å². The summed E-state index contributed by atoms with van der Waals surface area (Å²) in [5.41, 5.74) is 0.928. The average Bonchev–Trinajstić information content (AvgIpc) is 2.74. The van der Waals surface area contributed by atoms with E-state index in [1.165, 1.54) is 14.2 Å². The fourth-order valence-electron chi connectivity index (χ4n) is 3.82. The van der Waals surface area contributed by atoms with Gasteiger partial charge in [-0.05, 0) is 19.3 Å². The Morgan fingerprint density at radius 3 is 2.36 bits per heavy atom. The maximum Gasteiger partial charge on any atom is 0.340 e. The van der Waals surface area contributed by atoms with E-state index < -0.39 is 17.9 Å². The lowest BCUT2D eigenvalue weighted by Gasteiger charge is -2.36. The summed E-state index contributed by atoms with van der Waals surface area (Å²) in [5, 5.41) is 0. The molecule has 0 amide bonds. The molecule has 0 aromatic heterocycles. The first-order valence-electron chi connectivity index (χ1n) is 10.0. The Morgan fingerprint density at radius 2 is 1.75 bits per heavy atom. The number of carbonyl (C=O) groups excluding carboxylic acids is 3. The van der Waals surface area contributed by atoms with Crippen LogP contribution in [0.3, 0.4) is 0 Å². The molecule has 0 N–H and O–H groups in total. The fourth-order valence-corrected chi connectivity index (χ4v) is 3.82. The number of carbonyl (C=O) groups is 3. The summed E-state index contributed by atoms with van der Waals surface area (Å²) in [6.45, 7) is 3.94. The third-order valence-corrected chi connectivity index (χ3v) is 5.28. The van der Waals surface area contributed by atoms with Crippen molar-refractivity contribution in [2.45, 2.75) is 45.4 Å². The predicted molar refractivity (Wildman–Crippen MR) is 103 cm³/mol. The van der Waals surface area contributed by atoms with Crippen molar-refractivity contribution >= 4 is 17.7 Å². The van der Waals surface area contributed by atoms with Crippen LogP contribution in [0.4, 0.5) is 0 Å². The third kappa shape index (κ3) is 5.22. The summed E-state index contributed by atoms with van der Waals surface area (Å²) in [5.74, 6) is -1.60. The maximum absolute atomic E-state index is 12.9. The zero-order valence-corrected chi connectivity index (χ0v) is 17.1. The van der Waals surface area contributed by atoms with Crippen molar-refractivity contribution in [2.75, 3.05) is 40.5 Å². The largest absolute Gasteiger partial charge is 0.465 e. The highest BCUT2D eigenvalue weighted by Gasteiger charge is 2.36. The summed E-state index contributed by atoms with van der Waals surface area (Å²) >= 11 is 0. The van der Waals surface area contributed by atoms with Crippen molar-refractivity contribution in [1.29, 1.82) is 0 Å². The summed E-state index contributed by atoms with van der Waals surface area (Å²) < 4.78 is 15.5. The van der Waals surface area contributed by atoms with E-state index in [9.17, 15) is 14.4 Å². The van der Waals surface area contributed by atoms with Crippen LogP contribution in [0.15, 0.2) is 22.9 Å². The van der Waals surface area contributed by atoms with Crippen LogP contribution in [0.5, 0.6) is 0 Å². The average molecular weight is 393 g/mol. The molecule has 0 spiro atoms. The Kier molecular flexibility index (Phi) is 8.70. The number of methoxy groups -OCH3 is 2. The maximum atomic E-state index is 12.9. The van der Waals surface area contributed by atoms with E-state index in [1.54, 1.807) is 6.08 Å². The number of allylic oxidation sites excluding steroid dienone is 2. The third-order valence-electron chi connectivity index (χ3n) is 5.28. The molecule has 1 heterocycles. The van der Waals surface area contributed by atoms with Crippen LogP contribution in [0, 0.1) is 5.92 Å². The number of nitrogens with zero attached hydrogens (tertiary/aromatic N) is 1. The first-order valence-corrected chi connectivity index (χ1v) is 10.0. The first-order chi connectivity index (χ1) is 13.5. The van der Waals surface area contributed by atoms with Gasteiger partial charge < -0.3 is 19.1 Å². The van der Waals surface area contributed by atoms with Gasteiger partial charge in [0.25, 0.3) is 0 Å². The molecule has 28 heavy (non-hydrogen) atoms. The van der Waals surface area contributed by atoms with Gasteiger partial charge in [0, 0.05) is 25.2 Å². The van der Waals surface area contributed by atoms with Crippen molar-refractivity contribution in [3.05, 3.63) is 22.9 Å². The zero-order valence-electron chi connectivity index (χ0n) is 17.1. The molecule has 7 heteroatoms. The monoisotopic (exact) mass is 393 g/mol. The van der Waals surface area contributed by atoms with E-state index in [1.807, 2.05) is 11.8 Å². The number of ether oxygens (including phenoxy) is 3. The number of rotatable bonds is 5. The Morgan fingerprint density at radius 1 is 1.07 bits per heavy atom. The van der Waals surface area contributed by atoms with Crippen LogP contribution in [0.1, 0.15) is 45.4 Å². The Hall–Kier alpha value is -2.15. The van der Waals surface area contributed by atoms with E-state index in [0.29, 0.717) is 51.3 Å². The normalized spacial score (nSPS) is 26.0. The standard InChI is InChI=1S/C21H31NO6/c1-4-17(23)15-9-7-5-6-8-10-16(20(24)26-2)18(21(25)27-3)19(15)22-11-13-28-14-12-22/h10,15H,4-9,11-14H2,1-3H3/b16-10-,19-18-. The second-order valence-electron chi connectivity index (χ2n) is 6.97. The number of Topliss-reactive ketones (excluding diaryl/α,β-unsaturated/α-hetero) is 1. The molecule has 0 saturated carbocycles. The van der Waals surface area contributed by atoms with Crippen LogP contribution in [0.2, 0.25) is 0 Å². The highest BCUT2D eigenvalue weighted by atomic mass is 16.5. The van der Waals surface area contributed by atoms with Crippen LogP contribution in [-0.4, -0.2) is 63.1 Å². The number of hydrogen-bond acceptors (Lipinski definition) is 7. The van der Waals surface area contributed by atoms with Gasteiger partial charge in [-0.2, -0.15) is 0 Å². The van der Waals surface area contributed by atoms with Gasteiger partial charge in [-0.3, -0.25) is 4.79 Å². The zero-order chi connectivity index (χ0) is 20.5. The molecule has 156 valence electrons. The summed E-state index contributed by atoms with van der Waals surface area (Å²) in [6, 6.07) is 0. The van der Waals surface area contributed by atoms with Crippen molar-refractivity contribution in [3.8, 4) is 0 Å². The lowest BCUT2D eigenvalue weighted by atomic mass is 9.85. The minimum absolute atomic E-state index is 0.0627. The molecule has 1 atom stereocenters. The molecule has 1 fully saturated rings. The highest BCUT2D eigenvalue weighted by molar-refractivity contribution is 6.08. The van der Waals surface area contributed by atoms with E-state index in [0.717, 1.165) is 19.3 Å². The molecular formula is C21H31NO6. The Bertz CT molecular complexity index is 645. The van der Waals surface area contributed by atoms with Gasteiger partial charge in [0.2, 0.25) is 0 Å². The molecule has 1 saturated heterocycles. The molecule has 0 bridgehead atoms.